The van der Waals surface area contributed by atoms with Crippen LogP contribution in [0, 0.1) is 17.3 Å². The van der Waals surface area contributed by atoms with Crippen molar-refractivity contribution in [2.24, 2.45) is 17.3 Å². The molecule has 0 saturated heterocycles. The summed E-state index contributed by atoms with van der Waals surface area (Å²) in [6.45, 7) is 7.51. The third-order valence-electron chi connectivity index (χ3n) is 9.20. The van der Waals surface area contributed by atoms with Gasteiger partial charge in [0.05, 0.1) is 18.6 Å². The maximum absolute atomic E-state index is 12.9. The number of aliphatic hydroxyl groups is 1. The molecule has 10 heteroatoms. The molecule has 50 heavy (non-hydrogen) atoms. The molecule has 1 rings (SSSR count). The number of hydrogen-bond acceptors (Lipinski definition) is 10. The first kappa shape index (κ1) is 45.0. The fourth-order valence-corrected chi connectivity index (χ4v) is 6.06. The van der Waals surface area contributed by atoms with Gasteiger partial charge in [-0.15, -0.1) is 0 Å². The van der Waals surface area contributed by atoms with E-state index in [2.05, 4.69) is 32.6 Å². The molecule has 10 nitrogen and oxygen atoms in total. The Morgan fingerprint density at radius 2 is 1.22 bits per heavy atom. The van der Waals surface area contributed by atoms with E-state index in [0.29, 0.717) is 44.6 Å². The Hall–Kier alpha value is -3.01. The molecule has 1 aliphatic carbocycles. The van der Waals surface area contributed by atoms with Crippen LogP contribution in [0.5, 0.6) is 0 Å². The molecule has 1 aliphatic rings. The molecular formula is C40H66O10. The van der Waals surface area contributed by atoms with Crippen molar-refractivity contribution >= 4 is 30.2 Å². The standard InChI is InChI=1S/C40H66O10/c1-4-6-7-8-14-19-24-47-36(43)20-16-11-12-17-22-38(45)49-31-40(29-42,30-48-37(44)21-15-10-9-13-18-23-41)32-50-39(46)28-35-26-33(3)25-34(5-2)27-35/h6-7,23,34-35,42H,3-5,8-22,24-32H2,1-2H3/b7-6-. The van der Waals surface area contributed by atoms with Crippen LogP contribution < -0.4 is 0 Å². The van der Waals surface area contributed by atoms with Crippen LogP contribution in [-0.4, -0.2) is 68.3 Å². The Bertz CT molecular complexity index is 1020. The molecule has 0 heterocycles. The lowest BCUT2D eigenvalue weighted by atomic mass is 9.76. The highest BCUT2D eigenvalue weighted by molar-refractivity contribution is 5.71. The summed E-state index contributed by atoms with van der Waals surface area (Å²) in [5, 5.41) is 10.4. The molecule has 0 aromatic rings. The summed E-state index contributed by atoms with van der Waals surface area (Å²) >= 11 is 0. The van der Waals surface area contributed by atoms with Gasteiger partial charge < -0.3 is 28.8 Å². The second-order valence-electron chi connectivity index (χ2n) is 14.0. The van der Waals surface area contributed by atoms with Crippen molar-refractivity contribution in [1.82, 2.24) is 0 Å². The van der Waals surface area contributed by atoms with Crippen molar-refractivity contribution in [2.45, 2.75) is 149 Å². The van der Waals surface area contributed by atoms with Gasteiger partial charge in [-0.3, -0.25) is 19.2 Å². The molecule has 1 N–H and O–H groups in total. The smallest absolute Gasteiger partial charge is 0.306 e. The average Bonchev–Trinajstić information content (AvgIpc) is 3.10. The lowest BCUT2D eigenvalue weighted by Gasteiger charge is -2.32. The first-order valence-electron chi connectivity index (χ1n) is 19.2. The van der Waals surface area contributed by atoms with E-state index in [1.54, 1.807) is 0 Å². The third-order valence-corrected chi connectivity index (χ3v) is 9.20. The van der Waals surface area contributed by atoms with Crippen LogP contribution in [0.4, 0.5) is 0 Å². The maximum atomic E-state index is 12.9. The predicted molar refractivity (Wildman–Crippen MR) is 193 cm³/mol. The number of carbonyl (C=O) groups is 5. The summed E-state index contributed by atoms with van der Waals surface area (Å²) in [5.74, 6) is -0.869. The molecule has 0 spiro atoms. The lowest BCUT2D eigenvalue weighted by molar-refractivity contribution is -0.166. The Morgan fingerprint density at radius 1 is 0.700 bits per heavy atom. The average molecular weight is 707 g/mol. The summed E-state index contributed by atoms with van der Waals surface area (Å²) in [6.07, 6.45) is 20.0. The van der Waals surface area contributed by atoms with E-state index in [4.69, 9.17) is 18.9 Å². The summed E-state index contributed by atoms with van der Waals surface area (Å²) in [7, 11) is 0. The van der Waals surface area contributed by atoms with Crippen molar-refractivity contribution in [3.8, 4) is 0 Å². The first-order valence-corrected chi connectivity index (χ1v) is 19.2. The summed E-state index contributed by atoms with van der Waals surface area (Å²) in [6, 6.07) is 0. The number of rotatable bonds is 30. The number of allylic oxidation sites excluding steroid dienone is 3. The van der Waals surface area contributed by atoms with Gasteiger partial charge in [-0.25, -0.2) is 0 Å². The van der Waals surface area contributed by atoms with Crippen LogP contribution >= 0.6 is 0 Å². The van der Waals surface area contributed by atoms with Gasteiger partial charge in [0.1, 0.15) is 26.1 Å². The zero-order valence-electron chi connectivity index (χ0n) is 31.1. The lowest BCUT2D eigenvalue weighted by Crippen LogP contribution is -2.42. The van der Waals surface area contributed by atoms with Crippen LogP contribution in [0.25, 0.3) is 0 Å². The molecule has 0 amide bonds. The van der Waals surface area contributed by atoms with E-state index in [9.17, 15) is 29.1 Å². The number of aldehydes is 1. The summed E-state index contributed by atoms with van der Waals surface area (Å²) in [5.41, 5.74) is -0.146. The van der Waals surface area contributed by atoms with E-state index in [1.807, 2.05) is 0 Å². The number of aliphatic hydroxyl groups excluding tert-OH is 1. The van der Waals surface area contributed by atoms with E-state index in [0.717, 1.165) is 95.3 Å². The van der Waals surface area contributed by atoms with Gasteiger partial charge in [-0.2, -0.15) is 0 Å². The second kappa shape index (κ2) is 28.7. The quantitative estimate of drug-likeness (QED) is 0.0257. The van der Waals surface area contributed by atoms with Crippen LogP contribution in [0.1, 0.15) is 149 Å². The van der Waals surface area contributed by atoms with E-state index in [1.165, 1.54) is 0 Å². The van der Waals surface area contributed by atoms with E-state index >= 15 is 0 Å². The maximum Gasteiger partial charge on any atom is 0.306 e. The number of hydrogen-bond donors (Lipinski definition) is 1. The number of unbranched alkanes of at least 4 members (excludes halogenated alkanes) is 9. The minimum atomic E-state index is -1.29. The molecule has 286 valence electrons. The molecule has 0 radical (unpaired) electrons. The van der Waals surface area contributed by atoms with Crippen LogP contribution in [0.2, 0.25) is 0 Å². The fourth-order valence-electron chi connectivity index (χ4n) is 6.06. The zero-order valence-corrected chi connectivity index (χ0v) is 31.1. The van der Waals surface area contributed by atoms with Gasteiger partial charge in [-0.05, 0) is 82.5 Å². The number of esters is 4. The molecule has 0 aromatic heterocycles. The molecule has 0 aliphatic heterocycles. The van der Waals surface area contributed by atoms with Crippen LogP contribution in [-0.2, 0) is 42.9 Å². The highest BCUT2D eigenvalue weighted by atomic mass is 16.6. The molecule has 3 atom stereocenters. The Labute approximate surface area is 301 Å². The van der Waals surface area contributed by atoms with Gasteiger partial charge in [0.25, 0.3) is 0 Å². The van der Waals surface area contributed by atoms with Gasteiger partial charge >= 0.3 is 23.9 Å². The first-order chi connectivity index (χ1) is 24.2. The van der Waals surface area contributed by atoms with Crippen molar-refractivity contribution in [3.05, 3.63) is 24.3 Å². The minimum Gasteiger partial charge on any atom is -0.466 e. The monoisotopic (exact) mass is 706 g/mol. The van der Waals surface area contributed by atoms with Gasteiger partial charge in [0.15, 0.2) is 0 Å². The molecule has 3 unspecified atom stereocenters. The largest absolute Gasteiger partial charge is 0.466 e. The van der Waals surface area contributed by atoms with Crippen LogP contribution in [0.3, 0.4) is 0 Å². The third kappa shape index (κ3) is 22.7. The highest BCUT2D eigenvalue weighted by Gasteiger charge is 2.36. The zero-order chi connectivity index (χ0) is 36.9. The van der Waals surface area contributed by atoms with Crippen molar-refractivity contribution in [2.75, 3.05) is 33.0 Å². The Balaban J connectivity index is 2.52. The molecule has 1 fully saturated rings. The fraction of sp³-hybridized carbons (Fsp3) is 0.775. The number of ether oxygens (including phenoxy) is 4. The normalized spacial score (nSPS) is 17.2. The molecule has 1 saturated carbocycles. The van der Waals surface area contributed by atoms with Gasteiger partial charge in [-0.1, -0.05) is 70.3 Å². The van der Waals surface area contributed by atoms with Crippen molar-refractivity contribution in [1.29, 1.82) is 0 Å². The van der Waals surface area contributed by atoms with Gasteiger partial charge in [0.2, 0.25) is 0 Å². The topological polar surface area (TPSA) is 142 Å². The summed E-state index contributed by atoms with van der Waals surface area (Å²) in [4.78, 5) is 60.4. The van der Waals surface area contributed by atoms with Crippen molar-refractivity contribution in [3.63, 3.8) is 0 Å². The Kier molecular flexibility index (Phi) is 25.8. The van der Waals surface area contributed by atoms with E-state index in [-0.39, 0.29) is 51.0 Å². The predicted octanol–water partition coefficient (Wildman–Crippen LogP) is 7.93. The number of carbonyl (C=O) groups excluding carboxylic acids is 5. The molecule has 0 bridgehead atoms. The highest BCUT2D eigenvalue weighted by Crippen LogP contribution is 2.36. The summed E-state index contributed by atoms with van der Waals surface area (Å²) < 4.78 is 21.9. The van der Waals surface area contributed by atoms with Crippen molar-refractivity contribution < 1.29 is 48.0 Å². The SMILES string of the molecule is C=C1CC(CC)CC(CC(=O)OCC(CO)(COC(=O)CCCCCCC=O)COC(=O)CCCCCCC(=O)OCCCC/C=C\CC)C1. The minimum absolute atomic E-state index is 0.146. The molecular weight excluding hydrogens is 640 g/mol. The van der Waals surface area contributed by atoms with Crippen LogP contribution in [0.15, 0.2) is 24.3 Å². The Morgan fingerprint density at radius 3 is 1.76 bits per heavy atom. The molecule has 0 aromatic carbocycles. The second-order valence-corrected chi connectivity index (χ2v) is 14.0. The van der Waals surface area contributed by atoms with Gasteiger partial charge in [0, 0.05) is 32.1 Å². The van der Waals surface area contributed by atoms with E-state index < -0.39 is 29.9 Å².